The lowest BCUT2D eigenvalue weighted by Crippen LogP contribution is -2.52. The summed E-state index contributed by atoms with van der Waals surface area (Å²) < 4.78 is 37.5. The molecule has 5 rings (SSSR count). The Labute approximate surface area is 216 Å². The monoisotopic (exact) mass is 511 g/mol. The summed E-state index contributed by atoms with van der Waals surface area (Å²) in [4.78, 5) is 24.9. The van der Waals surface area contributed by atoms with E-state index < -0.39 is 30.1 Å². The molecule has 1 saturated heterocycles. The molecule has 0 radical (unpaired) electrons. The number of piperidine rings is 1. The Bertz CT molecular complexity index is 1260. The number of alkyl halides is 2. The number of aryl methyl sites for hydroxylation is 1. The quantitative estimate of drug-likeness (QED) is 0.419. The van der Waals surface area contributed by atoms with Crippen molar-refractivity contribution in [3.63, 3.8) is 0 Å². The number of aromatic nitrogens is 3. The number of carbonyl (C=O) groups excluding carboxylic acids is 1. The van der Waals surface area contributed by atoms with Crippen LogP contribution in [0.15, 0.2) is 42.9 Å². The minimum absolute atomic E-state index is 0.122. The molecule has 7 nitrogen and oxygen atoms in total. The second kappa shape index (κ2) is 9.58. The van der Waals surface area contributed by atoms with Crippen LogP contribution in [0.5, 0.6) is 0 Å². The van der Waals surface area contributed by atoms with E-state index in [1.54, 1.807) is 25.3 Å². The van der Waals surface area contributed by atoms with Gasteiger partial charge in [-0.25, -0.2) is 23.5 Å². The normalized spacial score (nSPS) is 19.7. The summed E-state index contributed by atoms with van der Waals surface area (Å²) in [7, 11) is 0. The van der Waals surface area contributed by atoms with Crippen molar-refractivity contribution in [2.75, 3.05) is 18.0 Å². The summed E-state index contributed by atoms with van der Waals surface area (Å²) >= 11 is 0. The van der Waals surface area contributed by atoms with Gasteiger partial charge < -0.3 is 19.1 Å². The van der Waals surface area contributed by atoms with Crippen LogP contribution < -0.4 is 4.90 Å². The van der Waals surface area contributed by atoms with E-state index >= 15 is 8.78 Å². The Hall–Kier alpha value is -3.23. The van der Waals surface area contributed by atoms with E-state index in [1.165, 1.54) is 17.5 Å². The first-order valence-corrected chi connectivity index (χ1v) is 13.0. The molecule has 3 aromatic rings. The van der Waals surface area contributed by atoms with Gasteiger partial charge in [0.25, 0.3) is 5.92 Å². The van der Waals surface area contributed by atoms with E-state index in [9.17, 15) is 4.79 Å². The minimum atomic E-state index is -3.03. The van der Waals surface area contributed by atoms with Crippen LogP contribution in [0.3, 0.4) is 0 Å². The molecular weight excluding hydrogens is 476 g/mol. The molecule has 1 unspecified atom stereocenters. The Morgan fingerprint density at radius 1 is 1.14 bits per heavy atom. The van der Waals surface area contributed by atoms with Crippen molar-refractivity contribution >= 4 is 22.9 Å². The number of ether oxygens (including phenoxy) is 1. The van der Waals surface area contributed by atoms with Gasteiger partial charge in [0.05, 0.1) is 11.9 Å². The van der Waals surface area contributed by atoms with E-state index in [0.29, 0.717) is 11.7 Å². The van der Waals surface area contributed by atoms with Gasteiger partial charge in [0.2, 0.25) is 0 Å². The number of rotatable bonds is 6. The topological polar surface area (TPSA) is 63.5 Å². The van der Waals surface area contributed by atoms with Crippen LogP contribution in [0, 0.1) is 12.8 Å². The maximum Gasteiger partial charge on any atom is 0.410 e. The van der Waals surface area contributed by atoms with Gasteiger partial charge in [-0.2, -0.15) is 0 Å². The minimum Gasteiger partial charge on any atom is -0.444 e. The van der Waals surface area contributed by atoms with Crippen molar-refractivity contribution in [3.8, 4) is 0 Å². The molecule has 0 bridgehead atoms. The number of hydrogen-bond acceptors (Lipinski definition) is 5. The van der Waals surface area contributed by atoms with E-state index in [0.717, 1.165) is 35.5 Å². The molecule has 0 spiro atoms. The summed E-state index contributed by atoms with van der Waals surface area (Å²) in [5.41, 5.74) is 2.36. The number of hydrogen-bond donors (Lipinski definition) is 0. The molecular formula is C28H35F2N5O2. The smallest absolute Gasteiger partial charge is 0.410 e. The first kappa shape index (κ1) is 25.4. The Kier molecular flexibility index (Phi) is 6.58. The number of benzene rings is 1. The molecule has 1 aliphatic heterocycles. The third-order valence-electron chi connectivity index (χ3n) is 7.08. The fourth-order valence-electron chi connectivity index (χ4n) is 4.95. The van der Waals surface area contributed by atoms with Gasteiger partial charge in [-0.05, 0) is 58.6 Å². The molecule has 0 N–H and O–H groups in total. The molecule has 1 atom stereocenters. The average Bonchev–Trinajstić information content (AvgIpc) is 3.58. The number of anilines is 1. The number of fused-ring (bicyclic) bond motifs is 1. The van der Waals surface area contributed by atoms with Crippen molar-refractivity contribution in [2.24, 2.45) is 5.92 Å². The van der Waals surface area contributed by atoms with Gasteiger partial charge in [-0.15, -0.1) is 0 Å². The number of amides is 1. The van der Waals surface area contributed by atoms with E-state index in [-0.39, 0.29) is 19.5 Å². The molecule has 1 saturated carbocycles. The number of likely N-dealkylation sites (tertiary alicyclic amines) is 1. The van der Waals surface area contributed by atoms with E-state index in [1.807, 2.05) is 12.3 Å². The van der Waals surface area contributed by atoms with Crippen molar-refractivity contribution in [1.82, 2.24) is 19.4 Å². The van der Waals surface area contributed by atoms with Gasteiger partial charge in [-0.3, -0.25) is 0 Å². The lowest BCUT2D eigenvalue weighted by molar-refractivity contribution is -0.114. The van der Waals surface area contributed by atoms with Gasteiger partial charge in [0.1, 0.15) is 23.4 Å². The predicted octanol–water partition coefficient (Wildman–Crippen LogP) is 5.80. The summed E-state index contributed by atoms with van der Waals surface area (Å²) in [5, 5.41) is 0.871. The second-order valence-electron chi connectivity index (χ2n) is 11.4. The Morgan fingerprint density at radius 3 is 2.51 bits per heavy atom. The zero-order chi connectivity index (χ0) is 26.4. The molecule has 9 heteroatoms. The fourth-order valence-corrected chi connectivity index (χ4v) is 4.95. The average molecular weight is 512 g/mol. The van der Waals surface area contributed by atoms with Crippen molar-refractivity contribution in [2.45, 2.75) is 77.6 Å². The van der Waals surface area contributed by atoms with Gasteiger partial charge in [0, 0.05) is 37.8 Å². The third kappa shape index (κ3) is 5.70. The van der Waals surface area contributed by atoms with Crippen LogP contribution in [0.4, 0.5) is 19.4 Å². The molecule has 198 valence electrons. The van der Waals surface area contributed by atoms with Gasteiger partial charge >= 0.3 is 6.09 Å². The molecule has 2 aromatic heterocycles. The maximum absolute atomic E-state index is 15.2. The highest BCUT2D eigenvalue weighted by atomic mass is 19.3. The van der Waals surface area contributed by atoms with Crippen LogP contribution in [0.1, 0.15) is 51.2 Å². The third-order valence-corrected chi connectivity index (χ3v) is 7.08. The van der Waals surface area contributed by atoms with E-state index in [2.05, 4.69) is 46.1 Å². The number of nitrogens with zero attached hydrogens (tertiary/aromatic N) is 5. The highest BCUT2D eigenvalue weighted by Crippen LogP contribution is 2.38. The molecule has 3 heterocycles. The molecule has 1 aromatic carbocycles. The van der Waals surface area contributed by atoms with Crippen LogP contribution in [-0.2, 0) is 17.8 Å². The SMILES string of the molecule is Cc1ccc(CN(c2ncnc3c2ccn3CC2CCN(C(=O)OC(C)(C)C)CC2(F)F)C2CC2)cc1. The van der Waals surface area contributed by atoms with Crippen LogP contribution in [-0.4, -0.2) is 56.2 Å². The van der Waals surface area contributed by atoms with Crippen LogP contribution in [0.25, 0.3) is 11.0 Å². The summed E-state index contributed by atoms with van der Waals surface area (Å²) in [5.74, 6) is -3.10. The van der Waals surface area contributed by atoms with Crippen LogP contribution >= 0.6 is 0 Å². The van der Waals surface area contributed by atoms with Gasteiger partial charge in [0.15, 0.2) is 0 Å². The Balaban J connectivity index is 1.34. The fraction of sp³-hybridized carbons (Fsp3) is 0.536. The summed E-state index contributed by atoms with van der Waals surface area (Å²) in [6, 6.07) is 10.9. The second-order valence-corrected chi connectivity index (χ2v) is 11.4. The van der Waals surface area contributed by atoms with E-state index in [4.69, 9.17) is 4.74 Å². The first-order valence-electron chi connectivity index (χ1n) is 13.0. The standard InChI is InChI=1S/C28H35F2N5O2/c1-19-5-7-20(8-6-19)15-35(22-9-10-22)25-23-12-14-33(24(23)31-18-32-25)16-21-11-13-34(17-28(21,29)30)26(36)37-27(2,3)4/h5-8,12,14,18,21-22H,9-11,13,15-17H2,1-4H3. The number of carbonyl (C=O) groups is 1. The Morgan fingerprint density at radius 2 is 1.86 bits per heavy atom. The van der Waals surface area contributed by atoms with Crippen molar-refractivity contribution in [3.05, 3.63) is 54.0 Å². The largest absolute Gasteiger partial charge is 0.444 e. The lowest BCUT2D eigenvalue weighted by Gasteiger charge is -2.39. The van der Waals surface area contributed by atoms with Crippen LogP contribution in [0.2, 0.25) is 0 Å². The molecule has 2 aliphatic rings. The molecule has 1 amide bonds. The summed E-state index contributed by atoms with van der Waals surface area (Å²) in [6.07, 6.45) is 5.08. The molecule has 1 aliphatic carbocycles. The summed E-state index contributed by atoms with van der Waals surface area (Å²) in [6.45, 7) is 7.72. The van der Waals surface area contributed by atoms with Crippen molar-refractivity contribution in [1.29, 1.82) is 0 Å². The zero-order valence-corrected chi connectivity index (χ0v) is 22.0. The van der Waals surface area contributed by atoms with Crippen molar-refractivity contribution < 1.29 is 18.3 Å². The molecule has 37 heavy (non-hydrogen) atoms. The predicted molar refractivity (Wildman–Crippen MR) is 139 cm³/mol. The zero-order valence-electron chi connectivity index (χ0n) is 22.0. The molecule has 2 fully saturated rings. The number of halogens is 2. The maximum atomic E-state index is 15.2. The lowest BCUT2D eigenvalue weighted by atomic mass is 9.93. The first-order chi connectivity index (χ1) is 17.5. The highest BCUT2D eigenvalue weighted by Gasteiger charge is 2.46. The highest BCUT2D eigenvalue weighted by molar-refractivity contribution is 5.88. The van der Waals surface area contributed by atoms with Gasteiger partial charge in [-0.1, -0.05) is 29.8 Å².